The minimum absolute atomic E-state index is 0.0526. The van der Waals surface area contributed by atoms with Crippen LogP contribution in [-0.2, 0) is 0 Å². The molecule has 2 aromatic carbocycles. The van der Waals surface area contributed by atoms with Crippen LogP contribution in [0.2, 0.25) is 0 Å². The van der Waals surface area contributed by atoms with E-state index >= 15 is 0 Å². The summed E-state index contributed by atoms with van der Waals surface area (Å²) in [5, 5.41) is 2.42. The van der Waals surface area contributed by atoms with Crippen molar-refractivity contribution in [2.24, 2.45) is 0 Å². The average molecular weight is 326 g/mol. The van der Waals surface area contributed by atoms with Crippen molar-refractivity contribution in [3.8, 4) is 0 Å². The molecule has 1 amide bonds. The summed E-state index contributed by atoms with van der Waals surface area (Å²) < 4.78 is 27.3. The van der Waals surface area contributed by atoms with E-state index in [1.165, 1.54) is 24.3 Å². The van der Waals surface area contributed by atoms with Crippen molar-refractivity contribution in [1.82, 2.24) is 0 Å². The van der Waals surface area contributed by atoms with Crippen LogP contribution < -0.4 is 5.32 Å². The molecule has 0 saturated carbocycles. The molecule has 0 bridgehead atoms. The predicted octanol–water partition coefficient (Wildman–Crippen LogP) is 4.29. The smallest absolute Gasteiger partial charge is 0.256 e. The number of hydrogen-bond donors (Lipinski definition) is 1. The summed E-state index contributed by atoms with van der Waals surface area (Å²) >= 11 is 3.13. The number of rotatable bonds is 2. The first-order valence-corrected chi connectivity index (χ1v) is 6.29. The van der Waals surface area contributed by atoms with E-state index in [0.717, 1.165) is 6.07 Å². The lowest BCUT2D eigenvalue weighted by molar-refractivity contribution is 0.102. The van der Waals surface area contributed by atoms with Crippen molar-refractivity contribution < 1.29 is 13.6 Å². The minimum atomic E-state index is -0.559. The van der Waals surface area contributed by atoms with Gasteiger partial charge in [0.05, 0.1) is 5.69 Å². The van der Waals surface area contributed by atoms with Gasteiger partial charge in [-0.2, -0.15) is 0 Å². The monoisotopic (exact) mass is 325 g/mol. The molecule has 0 heterocycles. The van der Waals surface area contributed by atoms with Gasteiger partial charge in [-0.15, -0.1) is 0 Å². The summed E-state index contributed by atoms with van der Waals surface area (Å²) in [5.74, 6) is -1.61. The van der Waals surface area contributed by atoms with Gasteiger partial charge in [0.2, 0.25) is 0 Å². The molecule has 1 N–H and O–H groups in total. The van der Waals surface area contributed by atoms with Gasteiger partial charge in [-0.3, -0.25) is 4.79 Å². The van der Waals surface area contributed by atoms with Crippen molar-refractivity contribution in [3.05, 3.63) is 63.6 Å². The van der Waals surface area contributed by atoms with Crippen molar-refractivity contribution >= 4 is 27.5 Å². The lowest BCUT2D eigenvalue weighted by atomic mass is 10.1. The second kappa shape index (κ2) is 5.48. The maximum Gasteiger partial charge on any atom is 0.256 e. The standard InChI is InChI=1S/C14H10BrF2NO/c1-8-2-4-10(16)7-11(8)14(19)18-13-5-3-9(15)6-12(13)17/h2-7H,1H3,(H,18,19). The molecule has 0 aliphatic heterocycles. The second-order valence-electron chi connectivity index (χ2n) is 4.04. The average Bonchev–Trinajstić information content (AvgIpc) is 2.35. The molecule has 98 valence electrons. The van der Waals surface area contributed by atoms with Crippen LogP contribution in [0, 0.1) is 18.6 Å². The van der Waals surface area contributed by atoms with Crippen molar-refractivity contribution in [2.45, 2.75) is 6.92 Å². The number of halogens is 3. The fraction of sp³-hybridized carbons (Fsp3) is 0.0714. The first-order valence-electron chi connectivity index (χ1n) is 5.50. The number of carbonyl (C=O) groups excluding carboxylic acids is 1. The molecular formula is C14H10BrF2NO. The zero-order valence-corrected chi connectivity index (χ0v) is 11.6. The maximum atomic E-state index is 13.6. The maximum absolute atomic E-state index is 13.6. The van der Waals surface area contributed by atoms with Crippen LogP contribution in [0.1, 0.15) is 15.9 Å². The number of carbonyl (C=O) groups is 1. The molecule has 5 heteroatoms. The van der Waals surface area contributed by atoms with Crippen LogP contribution in [0.15, 0.2) is 40.9 Å². The zero-order chi connectivity index (χ0) is 14.0. The summed E-state index contributed by atoms with van der Waals surface area (Å²) in [5.41, 5.74) is 0.857. The summed E-state index contributed by atoms with van der Waals surface area (Å²) in [6.07, 6.45) is 0. The van der Waals surface area contributed by atoms with Crippen LogP contribution >= 0.6 is 15.9 Å². The SMILES string of the molecule is Cc1ccc(F)cc1C(=O)Nc1ccc(Br)cc1F. The van der Waals surface area contributed by atoms with Gasteiger partial charge < -0.3 is 5.32 Å². The summed E-state index contributed by atoms with van der Waals surface area (Å²) in [6, 6.07) is 8.19. The molecule has 2 rings (SSSR count). The molecule has 0 radical (unpaired) electrons. The highest BCUT2D eigenvalue weighted by molar-refractivity contribution is 9.10. The van der Waals surface area contributed by atoms with E-state index in [9.17, 15) is 13.6 Å². The van der Waals surface area contributed by atoms with Crippen molar-refractivity contribution in [3.63, 3.8) is 0 Å². The van der Waals surface area contributed by atoms with Gasteiger partial charge in [-0.1, -0.05) is 22.0 Å². The number of amides is 1. The Kier molecular flexibility index (Phi) is 3.95. The van der Waals surface area contributed by atoms with Gasteiger partial charge in [0, 0.05) is 10.0 Å². The number of anilines is 1. The molecule has 0 atom stereocenters. The molecule has 19 heavy (non-hydrogen) atoms. The van der Waals surface area contributed by atoms with E-state index in [1.54, 1.807) is 13.0 Å². The topological polar surface area (TPSA) is 29.1 Å². The van der Waals surface area contributed by atoms with Gasteiger partial charge in [-0.05, 0) is 42.8 Å². The first kappa shape index (κ1) is 13.7. The quantitative estimate of drug-likeness (QED) is 0.876. The number of hydrogen-bond acceptors (Lipinski definition) is 1. The molecule has 0 spiro atoms. The van der Waals surface area contributed by atoms with E-state index < -0.39 is 17.5 Å². The third-order valence-electron chi connectivity index (χ3n) is 2.62. The molecule has 2 nitrogen and oxygen atoms in total. The van der Waals surface area contributed by atoms with E-state index in [1.807, 2.05) is 0 Å². The molecular weight excluding hydrogens is 316 g/mol. The Balaban J connectivity index is 2.28. The number of benzene rings is 2. The Morgan fingerprint density at radius 2 is 1.89 bits per heavy atom. The van der Waals surface area contributed by atoms with Gasteiger partial charge >= 0.3 is 0 Å². The highest BCUT2D eigenvalue weighted by Gasteiger charge is 2.12. The lowest BCUT2D eigenvalue weighted by Gasteiger charge is -2.09. The third kappa shape index (κ3) is 3.17. The van der Waals surface area contributed by atoms with E-state index in [0.29, 0.717) is 10.0 Å². The highest BCUT2D eigenvalue weighted by Crippen LogP contribution is 2.20. The van der Waals surface area contributed by atoms with E-state index in [2.05, 4.69) is 21.2 Å². The minimum Gasteiger partial charge on any atom is -0.319 e. The fourth-order valence-electron chi connectivity index (χ4n) is 1.62. The summed E-state index contributed by atoms with van der Waals surface area (Å²) in [6.45, 7) is 1.69. The van der Waals surface area contributed by atoms with Crippen LogP contribution in [0.5, 0.6) is 0 Å². The Morgan fingerprint density at radius 1 is 1.16 bits per heavy atom. The molecule has 2 aromatic rings. The molecule has 0 aliphatic rings. The third-order valence-corrected chi connectivity index (χ3v) is 3.12. The largest absolute Gasteiger partial charge is 0.319 e. The Morgan fingerprint density at radius 3 is 2.58 bits per heavy atom. The zero-order valence-electron chi connectivity index (χ0n) is 10.0. The van der Waals surface area contributed by atoms with Crippen molar-refractivity contribution in [2.75, 3.05) is 5.32 Å². The molecule has 0 saturated heterocycles. The first-order chi connectivity index (χ1) is 8.97. The van der Waals surface area contributed by atoms with E-state index in [4.69, 9.17) is 0 Å². The van der Waals surface area contributed by atoms with Crippen LogP contribution in [0.3, 0.4) is 0 Å². The normalized spacial score (nSPS) is 10.3. The van der Waals surface area contributed by atoms with E-state index in [-0.39, 0.29) is 11.3 Å². The molecule has 0 aromatic heterocycles. The highest BCUT2D eigenvalue weighted by atomic mass is 79.9. The summed E-state index contributed by atoms with van der Waals surface area (Å²) in [7, 11) is 0. The van der Waals surface area contributed by atoms with Gasteiger partial charge in [0.1, 0.15) is 11.6 Å². The van der Waals surface area contributed by atoms with Gasteiger partial charge in [0.25, 0.3) is 5.91 Å². The molecule has 0 fully saturated rings. The fourth-order valence-corrected chi connectivity index (χ4v) is 1.95. The van der Waals surface area contributed by atoms with Crippen LogP contribution in [-0.4, -0.2) is 5.91 Å². The van der Waals surface area contributed by atoms with Gasteiger partial charge in [-0.25, -0.2) is 8.78 Å². The molecule has 0 unspecified atom stereocenters. The Hall–Kier alpha value is -1.75. The lowest BCUT2D eigenvalue weighted by Crippen LogP contribution is -2.14. The molecule has 0 aliphatic carbocycles. The number of aryl methyl sites for hydroxylation is 1. The predicted molar refractivity (Wildman–Crippen MR) is 73.2 cm³/mol. The summed E-state index contributed by atoms with van der Waals surface area (Å²) in [4.78, 5) is 12.0. The van der Waals surface area contributed by atoms with Crippen molar-refractivity contribution in [1.29, 1.82) is 0 Å². The number of nitrogens with one attached hydrogen (secondary N) is 1. The van der Waals surface area contributed by atoms with Crippen LogP contribution in [0.25, 0.3) is 0 Å². The van der Waals surface area contributed by atoms with Crippen LogP contribution in [0.4, 0.5) is 14.5 Å². The van der Waals surface area contributed by atoms with Gasteiger partial charge in [0.15, 0.2) is 0 Å². The Bertz CT molecular complexity index is 643. The second-order valence-corrected chi connectivity index (χ2v) is 4.95. The Labute approximate surface area is 117 Å².